The zero-order chi connectivity index (χ0) is 21.6. The van der Waals surface area contributed by atoms with Crippen LogP contribution in [0, 0.1) is 16.0 Å². The zero-order valence-electron chi connectivity index (χ0n) is 16.9. The van der Waals surface area contributed by atoms with Crippen molar-refractivity contribution in [1.82, 2.24) is 4.98 Å². The van der Waals surface area contributed by atoms with Crippen LogP contribution < -0.4 is 0 Å². The van der Waals surface area contributed by atoms with E-state index in [2.05, 4.69) is 60.2 Å². The fourth-order valence-corrected chi connectivity index (χ4v) is 3.61. The normalized spacial score (nSPS) is 18.8. The summed E-state index contributed by atoms with van der Waals surface area (Å²) >= 11 is 0. The van der Waals surface area contributed by atoms with Crippen LogP contribution in [-0.2, 0) is 10.2 Å². The number of azo groups is 1. The number of fused-ring (bicyclic) bond motifs is 1. The number of nitro groups is 1. The second-order valence-corrected chi connectivity index (χ2v) is 8.67. The minimum atomic E-state index is -0.532. The number of aromatic hydroxyl groups is 1. The van der Waals surface area contributed by atoms with Gasteiger partial charge in [-0.1, -0.05) is 45.0 Å². The first kappa shape index (κ1) is 19.8. The summed E-state index contributed by atoms with van der Waals surface area (Å²) in [6.07, 6.45) is 0.706. The van der Waals surface area contributed by atoms with Crippen LogP contribution in [0.5, 0.6) is 5.88 Å². The topological polar surface area (TPSA) is 121 Å². The smallest absolute Gasteiger partial charge is 0.270 e. The molecule has 0 spiro atoms. The quantitative estimate of drug-likeness (QED) is 0.338. The second-order valence-electron chi connectivity index (χ2n) is 8.67. The number of carbonyl (C=O) groups is 1. The highest BCUT2D eigenvalue weighted by Gasteiger charge is 2.44. The predicted molar refractivity (Wildman–Crippen MR) is 112 cm³/mol. The molecule has 2 N–H and O–H groups in total. The average Bonchev–Trinajstić information content (AvgIpc) is 3.43. The summed E-state index contributed by atoms with van der Waals surface area (Å²) in [4.78, 5) is 25.6. The van der Waals surface area contributed by atoms with Crippen LogP contribution >= 0.6 is 0 Å². The number of rotatable bonds is 4. The van der Waals surface area contributed by atoms with Gasteiger partial charge in [-0.2, -0.15) is 0 Å². The molecule has 1 aliphatic carbocycles. The van der Waals surface area contributed by atoms with Gasteiger partial charge in [0, 0.05) is 23.4 Å². The summed E-state index contributed by atoms with van der Waals surface area (Å²) in [7, 11) is 0. The molecule has 1 aliphatic rings. The number of carbonyl (C=O) groups excluding carboxylic acids is 1. The van der Waals surface area contributed by atoms with E-state index < -0.39 is 4.92 Å². The number of non-ortho nitro benzene ring substituents is 1. The number of benzene rings is 2. The van der Waals surface area contributed by atoms with Crippen molar-refractivity contribution >= 4 is 28.2 Å². The SMILES string of the molecule is CC(C)(C)c1ccc([C@H]2C[C@@H]2C(=O)N=Nc2c(O)[nH]c3ccc([N+](=O)[O-])cc23)cc1. The van der Waals surface area contributed by atoms with Crippen LogP contribution in [0.4, 0.5) is 11.4 Å². The standard InChI is InChI=1S/C22H22N4O4/c1-22(2,3)13-6-4-12(5-7-13)15-11-16(15)20(27)25-24-19-17-10-14(26(29)30)8-9-18(17)23-21(19)28/h4-10,15-16,23,28H,11H2,1-3H3/t15-,16+/m1/s1. The van der Waals surface area contributed by atoms with Crippen molar-refractivity contribution in [3.8, 4) is 5.88 Å². The zero-order valence-corrected chi connectivity index (χ0v) is 16.9. The van der Waals surface area contributed by atoms with Crippen LogP contribution in [0.15, 0.2) is 52.7 Å². The third kappa shape index (κ3) is 3.68. The van der Waals surface area contributed by atoms with Crippen molar-refractivity contribution < 1.29 is 14.8 Å². The molecule has 154 valence electrons. The molecule has 0 radical (unpaired) electrons. The number of amides is 1. The number of nitrogens with zero attached hydrogens (tertiary/aromatic N) is 3. The van der Waals surface area contributed by atoms with Gasteiger partial charge in [-0.15, -0.1) is 10.2 Å². The van der Waals surface area contributed by atoms with Gasteiger partial charge in [0.1, 0.15) is 0 Å². The van der Waals surface area contributed by atoms with Gasteiger partial charge < -0.3 is 10.1 Å². The van der Waals surface area contributed by atoms with E-state index >= 15 is 0 Å². The molecular weight excluding hydrogens is 384 g/mol. The Labute approximate surface area is 172 Å². The van der Waals surface area contributed by atoms with E-state index in [1.807, 2.05) is 0 Å². The van der Waals surface area contributed by atoms with Gasteiger partial charge in [0.15, 0.2) is 5.69 Å². The van der Waals surface area contributed by atoms with Crippen molar-refractivity contribution in [2.24, 2.45) is 16.1 Å². The first-order chi connectivity index (χ1) is 14.1. The van der Waals surface area contributed by atoms with E-state index in [9.17, 15) is 20.0 Å². The van der Waals surface area contributed by atoms with Crippen molar-refractivity contribution in [2.75, 3.05) is 0 Å². The van der Waals surface area contributed by atoms with Crippen molar-refractivity contribution in [1.29, 1.82) is 0 Å². The van der Waals surface area contributed by atoms with E-state index in [1.165, 1.54) is 23.8 Å². The van der Waals surface area contributed by atoms with Gasteiger partial charge >= 0.3 is 0 Å². The third-order valence-electron chi connectivity index (χ3n) is 5.51. The lowest BCUT2D eigenvalue weighted by Gasteiger charge is -2.19. The van der Waals surface area contributed by atoms with E-state index in [0.29, 0.717) is 17.3 Å². The first-order valence-corrected chi connectivity index (χ1v) is 9.70. The number of nitrogens with one attached hydrogen (secondary N) is 1. The Morgan fingerprint density at radius 2 is 1.90 bits per heavy atom. The molecule has 1 aromatic heterocycles. The first-order valence-electron chi connectivity index (χ1n) is 9.70. The highest BCUT2D eigenvalue weighted by Crippen LogP contribution is 2.49. The Kier molecular flexibility index (Phi) is 4.64. The fourth-order valence-electron chi connectivity index (χ4n) is 3.61. The summed E-state index contributed by atoms with van der Waals surface area (Å²) < 4.78 is 0. The molecule has 0 aliphatic heterocycles. The van der Waals surface area contributed by atoms with E-state index in [1.54, 1.807) is 0 Å². The Hall–Kier alpha value is -3.55. The monoisotopic (exact) mass is 406 g/mol. The molecule has 2 atom stereocenters. The molecule has 30 heavy (non-hydrogen) atoms. The number of hydrogen-bond donors (Lipinski definition) is 2. The average molecular weight is 406 g/mol. The third-order valence-corrected chi connectivity index (χ3v) is 5.51. The molecule has 1 heterocycles. The summed E-state index contributed by atoms with van der Waals surface area (Å²) in [5, 5.41) is 29.1. The lowest BCUT2D eigenvalue weighted by atomic mass is 9.86. The molecule has 8 nitrogen and oxygen atoms in total. The van der Waals surface area contributed by atoms with E-state index in [4.69, 9.17) is 0 Å². The highest BCUT2D eigenvalue weighted by atomic mass is 16.6. The largest absolute Gasteiger partial charge is 0.493 e. The van der Waals surface area contributed by atoms with Crippen LogP contribution in [0.25, 0.3) is 10.9 Å². The summed E-state index contributed by atoms with van der Waals surface area (Å²) in [6.45, 7) is 6.46. The molecule has 2 aromatic carbocycles. The van der Waals surface area contributed by atoms with Crippen molar-refractivity contribution in [3.05, 3.63) is 63.7 Å². The molecule has 4 rings (SSSR count). The molecule has 8 heteroatoms. The fraction of sp³-hybridized carbons (Fsp3) is 0.318. The number of aromatic nitrogens is 1. The van der Waals surface area contributed by atoms with Crippen molar-refractivity contribution in [3.63, 3.8) is 0 Å². The Morgan fingerprint density at radius 1 is 1.20 bits per heavy atom. The van der Waals surface area contributed by atoms with Crippen molar-refractivity contribution in [2.45, 2.75) is 38.5 Å². The van der Waals surface area contributed by atoms with Crippen LogP contribution in [0.1, 0.15) is 44.2 Å². The predicted octanol–water partition coefficient (Wildman–Crippen LogP) is 5.49. The summed E-state index contributed by atoms with van der Waals surface area (Å²) in [5.41, 5.74) is 2.77. The van der Waals surface area contributed by atoms with Gasteiger partial charge in [-0.05, 0) is 34.9 Å². The number of aromatic amines is 1. The van der Waals surface area contributed by atoms with Gasteiger partial charge in [-0.25, -0.2) is 0 Å². The van der Waals surface area contributed by atoms with E-state index in [-0.39, 0.29) is 40.4 Å². The number of H-pyrrole nitrogens is 1. The van der Waals surface area contributed by atoms with Gasteiger partial charge in [0.25, 0.3) is 11.6 Å². The Morgan fingerprint density at radius 3 is 2.53 bits per heavy atom. The maximum Gasteiger partial charge on any atom is 0.270 e. The van der Waals surface area contributed by atoms with Crippen LogP contribution in [-0.4, -0.2) is 20.9 Å². The molecule has 0 saturated heterocycles. The molecule has 0 bridgehead atoms. The molecule has 3 aromatic rings. The lowest BCUT2D eigenvalue weighted by molar-refractivity contribution is -0.384. The Balaban J connectivity index is 1.50. The highest BCUT2D eigenvalue weighted by molar-refractivity contribution is 5.96. The summed E-state index contributed by atoms with van der Waals surface area (Å²) in [5.74, 6) is -0.773. The molecule has 1 saturated carbocycles. The van der Waals surface area contributed by atoms with Crippen LogP contribution in [0.3, 0.4) is 0 Å². The van der Waals surface area contributed by atoms with Gasteiger partial charge in [-0.3, -0.25) is 14.9 Å². The minimum Gasteiger partial charge on any atom is -0.493 e. The van der Waals surface area contributed by atoms with E-state index in [0.717, 1.165) is 5.56 Å². The minimum absolute atomic E-state index is 0.0220. The second kappa shape index (κ2) is 7.05. The Bertz CT molecular complexity index is 1170. The molecule has 0 unspecified atom stereocenters. The number of hydrogen-bond acceptors (Lipinski definition) is 5. The molecule has 1 amide bonds. The van der Waals surface area contributed by atoms with Gasteiger partial charge in [0.05, 0.1) is 10.4 Å². The van der Waals surface area contributed by atoms with Crippen LogP contribution in [0.2, 0.25) is 0 Å². The molecular formula is C22H22N4O4. The maximum atomic E-state index is 12.5. The van der Waals surface area contributed by atoms with Gasteiger partial charge in [0.2, 0.25) is 5.88 Å². The molecule has 1 fully saturated rings. The maximum absolute atomic E-state index is 12.5. The lowest BCUT2D eigenvalue weighted by Crippen LogP contribution is -2.10. The number of nitro benzene ring substituents is 1. The summed E-state index contributed by atoms with van der Waals surface area (Å²) in [6, 6.07) is 12.4.